The van der Waals surface area contributed by atoms with E-state index in [1.165, 1.54) is 18.3 Å². The first-order chi connectivity index (χ1) is 14.6. The van der Waals surface area contributed by atoms with Crippen LogP contribution in [0.25, 0.3) is 0 Å². The van der Waals surface area contributed by atoms with E-state index in [1.54, 1.807) is 17.9 Å². The van der Waals surface area contributed by atoms with Crippen LogP contribution in [0.2, 0.25) is 0 Å². The van der Waals surface area contributed by atoms with Crippen molar-refractivity contribution < 1.29 is 27.9 Å². The first-order valence-corrected chi connectivity index (χ1v) is 12.4. The molecule has 0 spiro atoms. The SMILES string of the molecule is CCN(C(=O)O)c1nc(CN2CCCC2=O)c(Oc2ccc(S(C)(=O)=O)nc2)cc1I. The molecule has 3 heterocycles. The molecule has 0 bridgehead atoms. The van der Waals surface area contributed by atoms with Crippen molar-refractivity contribution in [3.63, 3.8) is 0 Å². The van der Waals surface area contributed by atoms with Crippen molar-refractivity contribution >= 4 is 50.2 Å². The van der Waals surface area contributed by atoms with Gasteiger partial charge < -0.3 is 14.7 Å². The molecule has 0 radical (unpaired) electrons. The molecule has 3 rings (SSSR count). The third-order valence-corrected chi connectivity index (χ3v) is 6.42. The van der Waals surface area contributed by atoms with E-state index in [2.05, 4.69) is 9.97 Å². The quantitative estimate of drug-likeness (QED) is 0.512. The zero-order valence-electron chi connectivity index (χ0n) is 16.9. The van der Waals surface area contributed by atoms with Gasteiger partial charge in [-0.3, -0.25) is 9.69 Å². The lowest BCUT2D eigenvalue weighted by atomic mass is 10.2. The minimum absolute atomic E-state index is 0.00222. The van der Waals surface area contributed by atoms with E-state index in [4.69, 9.17) is 4.74 Å². The van der Waals surface area contributed by atoms with Gasteiger partial charge in [-0.2, -0.15) is 0 Å². The van der Waals surface area contributed by atoms with Crippen molar-refractivity contribution in [3.8, 4) is 11.5 Å². The molecular weight excluding hydrogens is 539 g/mol. The minimum Gasteiger partial charge on any atom is -0.465 e. The van der Waals surface area contributed by atoms with E-state index >= 15 is 0 Å². The number of ether oxygens (including phenoxy) is 1. The lowest BCUT2D eigenvalue weighted by molar-refractivity contribution is -0.128. The Morgan fingerprint density at radius 3 is 2.65 bits per heavy atom. The molecule has 1 aliphatic heterocycles. The Morgan fingerprint density at radius 2 is 2.13 bits per heavy atom. The molecule has 2 aromatic rings. The number of aromatic nitrogens is 2. The number of hydrogen-bond donors (Lipinski definition) is 1. The number of carboxylic acid groups (broad SMARTS) is 1. The summed E-state index contributed by atoms with van der Waals surface area (Å²) in [4.78, 5) is 34.9. The highest BCUT2D eigenvalue weighted by molar-refractivity contribution is 14.1. The molecule has 10 nitrogen and oxygen atoms in total. The van der Waals surface area contributed by atoms with Gasteiger partial charge in [-0.1, -0.05) is 0 Å². The standard InChI is InChI=1S/C19H21IN4O6S/c1-3-24(19(26)27)18-13(20)9-15(14(22-18)11-23-8-4-5-17(23)25)30-12-6-7-16(21-10-12)31(2,28)29/h6-7,9-10H,3-5,8,11H2,1-2H3,(H,26,27). The van der Waals surface area contributed by atoms with Crippen molar-refractivity contribution in [2.45, 2.75) is 31.3 Å². The fourth-order valence-electron chi connectivity index (χ4n) is 3.09. The molecule has 12 heteroatoms. The number of halogens is 1. The molecule has 2 aromatic heterocycles. The van der Waals surface area contributed by atoms with Gasteiger partial charge >= 0.3 is 6.09 Å². The zero-order chi connectivity index (χ0) is 22.8. The molecule has 1 saturated heterocycles. The Bertz CT molecular complexity index is 1110. The van der Waals surface area contributed by atoms with Gasteiger partial charge in [0.2, 0.25) is 5.91 Å². The first-order valence-electron chi connectivity index (χ1n) is 9.41. The average molecular weight is 560 g/mol. The van der Waals surface area contributed by atoms with Gasteiger partial charge in [-0.15, -0.1) is 0 Å². The van der Waals surface area contributed by atoms with Gasteiger partial charge in [0.1, 0.15) is 11.4 Å². The van der Waals surface area contributed by atoms with E-state index in [9.17, 15) is 23.1 Å². The van der Waals surface area contributed by atoms with Gasteiger partial charge in [-0.25, -0.2) is 23.2 Å². The summed E-state index contributed by atoms with van der Waals surface area (Å²) in [6.07, 6.45) is 2.43. The Hall–Kier alpha value is -2.48. The second-order valence-corrected chi connectivity index (χ2v) is 10.0. The second-order valence-electron chi connectivity index (χ2n) is 6.89. The molecule has 2 amide bonds. The van der Waals surface area contributed by atoms with E-state index in [0.717, 1.165) is 17.6 Å². The predicted molar refractivity (Wildman–Crippen MR) is 120 cm³/mol. The minimum atomic E-state index is -3.44. The summed E-state index contributed by atoms with van der Waals surface area (Å²) in [5, 5.41) is 9.42. The number of likely N-dealkylation sites (tertiary alicyclic amines) is 1. The Labute approximate surface area is 193 Å². The Kier molecular flexibility index (Phi) is 6.99. The summed E-state index contributed by atoms with van der Waals surface area (Å²) in [7, 11) is -3.44. The van der Waals surface area contributed by atoms with Gasteiger partial charge in [0.25, 0.3) is 0 Å². The van der Waals surface area contributed by atoms with Crippen LogP contribution in [-0.2, 0) is 21.2 Å². The van der Waals surface area contributed by atoms with E-state index in [-0.39, 0.29) is 35.6 Å². The number of amides is 2. The molecule has 0 unspecified atom stereocenters. The zero-order valence-corrected chi connectivity index (χ0v) is 19.9. The topological polar surface area (TPSA) is 130 Å². The maximum atomic E-state index is 12.1. The maximum absolute atomic E-state index is 12.1. The highest BCUT2D eigenvalue weighted by Crippen LogP contribution is 2.32. The van der Waals surface area contributed by atoms with Crippen LogP contribution in [-0.4, -0.2) is 59.7 Å². The number of sulfone groups is 1. The van der Waals surface area contributed by atoms with Crippen molar-refractivity contribution in [2.24, 2.45) is 0 Å². The van der Waals surface area contributed by atoms with Crippen LogP contribution in [0.3, 0.4) is 0 Å². The van der Waals surface area contributed by atoms with E-state index in [1.807, 2.05) is 22.6 Å². The molecule has 0 aromatic carbocycles. The van der Waals surface area contributed by atoms with Gasteiger partial charge in [0, 0.05) is 25.8 Å². The highest BCUT2D eigenvalue weighted by atomic mass is 127. The third kappa shape index (κ3) is 5.42. The highest BCUT2D eigenvalue weighted by Gasteiger charge is 2.25. The molecule has 1 fully saturated rings. The van der Waals surface area contributed by atoms with Crippen LogP contribution >= 0.6 is 22.6 Å². The maximum Gasteiger partial charge on any atom is 0.413 e. The van der Waals surface area contributed by atoms with Crippen LogP contribution in [0.5, 0.6) is 11.5 Å². The number of anilines is 1. The molecule has 0 atom stereocenters. The Morgan fingerprint density at radius 1 is 1.39 bits per heavy atom. The largest absolute Gasteiger partial charge is 0.465 e. The summed E-state index contributed by atoms with van der Waals surface area (Å²) in [5.74, 6) is 0.883. The second kappa shape index (κ2) is 9.34. The summed E-state index contributed by atoms with van der Waals surface area (Å²) < 4.78 is 29.7. The number of carbonyl (C=O) groups is 2. The van der Waals surface area contributed by atoms with E-state index < -0.39 is 15.9 Å². The molecule has 0 aliphatic carbocycles. The smallest absolute Gasteiger partial charge is 0.413 e. The molecule has 166 valence electrons. The van der Waals surface area contributed by atoms with Gasteiger partial charge in [-0.05, 0) is 54.1 Å². The molecule has 1 aliphatic rings. The predicted octanol–water partition coefficient (Wildman–Crippen LogP) is 2.90. The summed E-state index contributed by atoms with van der Waals surface area (Å²) in [6, 6.07) is 4.46. The van der Waals surface area contributed by atoms with Crippen molar-refractivity contribution in [3.05, 3.63) is 33.7 Å². The number of nitrogens with zero attached hydrogens (tertiary/aromatic N) is 4. The average Bonchev–Trinajstić information content (AvgIpc) is 3.09. The van der Waals surface area contributed by atoms with Crippen molar-refractivity contribution in [2.75, 3.05) is 24.2 Å². The van der Waals surface area contributed by atoms with E-state index in [0.29, 0.717) is 28.0 Å². The number of pyridine rings is 2. The van der Waals surface area contributed by atoms with Gasteiger partial charge in [0.15, 0.2) is 26.4 Å². The number of rotatable bonds is 7. The van der Waals surface area contributed by atoms with Crippen molar-refractivity contribution in [1.29, 1.82) is 0 Å². The molecular formula is C19H21IN4O6S. The molecule has 31 heavy (non-hydrogen) atoms. The lowest BCUT2D eigenvalue weighted by Crippen LogP contribution is -2.31. The van der Waals surface area contributed by atoms with Crippen molar-refractivity contribution in [1.82, 2.24) is 14.9 Å². The van der Waals surface area contributed by atoms with Crippen LogP contribution in [0.4, 0.5) is 10.6 Å². The number of carbonyl (C=O) groups excluding carboxylic acids is 1. The summed E-state index contributed by atoms with van der Waals surface area (Å²) >= 11 is 1.98. The molecule has 1 N–H and O–H groups in total. The normalized spacial score (nSPS) is 14.0. The first kappa shape index (κ1) is 23.2. The van der Waals surface area contributed by atoms with Crippen LogP contribution in [0, 0.1) is 3.57 Å². The lowest BCUT2D eigenvalue weighted by Gasteiger charge is -2.22. The monoisotopic (exact) mass is 560 g/mol. The third-order valence-electron chi connectivity index (χ3n) is 4.63. The summed E-state index contributed by atoms with van der Waals surface area (Å²) in [5.41, 5.74) is 0.401. The summed E-state index contributed by atoms with van der Waals surface area (Å²) in [6.45, 7) is 2.67. The van der Waals surface area contributed by atoms with Gasteiger partial charge in [0.05, 0.1) is 16.3 Å². The Balaban J connectivity index is 2.00. The van der Waals surface area contributed by atoms with Crippen LogP contribution in [0.15, 0.2) is 29.4 Å². The molecule has 0 saturated carbocycles. The van der Waals surface area contributed by atoms with Crippen LogP contribution < -0.4 is 9.64 Å². The number of hydrogen-bond acceptors (Lipinski definition) is 7. The van der Waals surface area contributed by atoms with Crippen LogP contribution in [0.1, 0.15) is 25.5 Å². The fourth-order valence-corrected chi connectivity index (χ4v) is 4.35. The fraction of sp³-hybridized carbons (Fsp3) is 0.368.